The second-order valence-corrected chi connectivity index (χ2v) is 6.21. The molecule has 0 saturated carbocycles. The van der Waals surface area contributed by atoms with Crippen molar-refractivity contribution in [3.63, 3.8) is 0 Å². The van der Waals surface area contributed by atoms with E-state index < -0.39 is 17.9 Å². The lowest BCUT2D eigenvalue weighted by Gasteiger charge is -2.32. The fourth-order valence-electron chi connectivity index (χ4n) is 2.98. The molecule has 1 heterocycles. The topological polar surface area (TPSA) is 83.2 Å². The Morgan fingerprint density at radius 3 is 2.65 bits per heavy atom. The Hall–Kier alpha value is -1.18. The highest BCUT2D eigenvalue weighted by Gasteiger charge is 2.41. The third-order valence-electron chi connectivity index (χ3n) is 4.23. The molecule has 23 heavy (non-hydrogen) atoms. The smallest absolute Gasteiger partial charge is 0.163 e. The van der Waals surface area contributed by atoms with Crippen molar-refractivity contribution in [3.05, 3.63) is 29.8 Å². The van der Waals surface area contributed by atoms with Crippen LogP contribution >= 0.6 is 0 Å². The molecule has 0 aromatic heterocycles. The SMILES string of the molecule is COc1cccc([C@@H](CO)[C@H](OC)[C@@H](N)[C@H]2COC(C)(C)O2)c1. The Bertz CT molecular complexity index is 508. The quantitative estimate of drug-likeness (QED) is 0.785. The van der Waals surface area contributed by atoms with Crippen LogP contribution in [0.1, 0.15) is 25.3 Å². The molecule has 6 nitrogen and oxygen atoms in total. The van der Waals surface area contributed by atoms with Crippen molar-refractivity contribution in [1.29, 1.82) is 0 Å². The van der Waals surface area contributed by atoms with Crippen molar-refractivity contribution in [1.82, 2.24) is 0 Å². The van der Waals surface area contributed by atoms with E-state index in [0.717, 1.165) is 11.3 Å². The van der Waals surface area contributed by atoms with Crippen molar-refractivity contribution in [2.24, 2.45) is 5.73 Å². The molecule has 1 aliphatic rings. The molecule has 1 aromatic rings. The number of aliphatic hydroxyl groups excluding tert-OH is 1. The zero-order chi connectivity index (χ0) is 17.0. The van der Waals surface area contributed by atoms with Crippen LogP contribution in [0.15, 0.2) is 24.3 Å². The fourth-order valence-corrected chi connectivity index (χ4v) is 2.98. The summed E-state index contributed by atoms with van der Waals surface area (Å²) in [7, 11) is 3.20. The Balaban J connectivity index is 2.19. The molecule has 130 valence electrons. The number of rotatable bonds is 7. The van der Waals surface area contributed by atoms with E-state index in [-0.39, 0.29) is 18.6 Å². The van der Waals surface area contributed by atoms with Gasteiger partial charge in [0.05, 0.1) is 32.5 Å². The van der Waals surface area contributed by atoms with Gasteiger partial charge in [0.2, 0.25) is 0 Å². The van der Waals surface area contributed by atoms with E-state index in [0.29, 0.717) is 6.61 Å². The summed E-state index contributed by atoms with van der Waals surface area (Å²) in [6, 6.07) is 7.13. The van der Waals surface area contributed by atoms with Gasteiger partial charge in [-0.05, 0) is 31.5 Å². The molecule has 4 atom stereocenters. The second-order valence-electron chi connectivity index (χ2n) is 6.21. The van der Waals surface area contributed by atoms with Gasteiger partial charge in [-0.25, -0.2) is 0 Å². The maximum Gasteiger partial charge on any atom is 0.163 e. The van der Waals surface area contributed by atoms with Crippen LogP contribution in [0.25, 0.3) is 0 Å². The van der Waals surface area contributed by atoms with E-state index in [1.54, 1.807) is 14.2 Å². The van der Waals surface area contributed by atoms with Crippen molar-refractivity contribution >= 4 is 0 Å². The predicted octanol–water partition coefficient (Wildman–Crippen LogP) is 1.26. The van der Waals surface area contributed by atoms with Gasteiger partial charge in [-0.15, -0.1) is 0 Å². The largest absolute Gasteiger partial charge is 0.497 e. The summed E-state index contributed by atoms with van der Waals surface area (Å²) in [5.41, 5.74) is 7.28. The lowest BCUT2D eigenvalue weighted by Crippen LogP contribution is -2.50. The van der Waals surface area contributed by atoms with Gasteiger partial charge in [-0.3, -0.25) is 0 Å². The normalized spacial score (nSPS) is 24.2. The van der Waals surface area contributed by atoms with Crippen molar-refractivity contribution in [2.75, 3.05) is 27.4 Å². The first-order valence-electron chi connectivity index (χ1n) is 7.77. The average Bonchev–Trinajstić information content (AvgIpc) is 2.92. The molecule has 1 aliphatic heterocycles. The standard InChI is InChI=1S/C17H27NO5/c1-17(2)22-10-14(23-17)15(18)16(21-4)13(9-19)11-6-5-7-12(8-11)20-3/h5-8,13-16,19H,9-10,18H2,1-4H3/t13-,14-,15+,16+/m1/s1. The molecular formula is C17H27NO5. The first-order chi connectivity index (χ1) is 10.9. The minimum absolute atomic E-state index is 0.0870. The lowest BCUT2D eigenvalue weighted by atomic mass is 9.88. The number of hydrogen-bond acceptors (Lipinski definition) is 6. The maximum absolute atomic E-state index is 9.89. The van der Waals surface area contributed by atoms with Gasteiger partial charge in [-0.2, -0.15) is 0 Å². The van der Waals surface area contributed by atoms with Gasteiger partial charge in [0.25, 0.3) is 0 Å². The predicted molar refractivity (Wildman–Crippen MR) is 86.5 cm³/mol. The van der Waals surface area contributed by atoms with Crippen LogP contribution in [0, 0.1) is 0 Å². The Morgan fingerprint density at radius 1 is 1.39 bits per heavy atom. The van der Waals surface area contributed by atoms with Gasteiger partial charge < -0.3 is 29.8 Å². The second kappa shape index (κ2) is 7.59. The van der Waals surface area contributed by atoms with Crippen LogP contribution in [-0.4, -0.2) is 56.6 Å². The molecule has 1 aromatic carbocycles. The van der Waals surface area contributed by atoms with E-state index in [9.17, 15) is 5.11 Å². The van der Waals surface area contributed by atoms with Crippen molar-refractivity contribution in [3.8, 4) is 5.75 Å². The molecule has 0 spiro atoms. The zero-order valence-electron chi connectivity index (χ0n) is 14.2. The number of nitrogens with two attached hydrogens (primary N) is 1. The highest BCUT2D eigenvalue weighted by Crippen LogP contribution is 2.31. The summed E-state index contributed by atoms with van der Waals surface area (Å²) in [5, 5.41) is 9.89. The minimum atomic E-state index is -0.648. The minimum Gasteiger partial charge on any atom is -0.497 e. The van der Waals surface area contributed by atoms with Crippen LogP contribution in [0.2, 0.25) is 0 Å². The summed E-state index contributed by atoms with van der Waals surface area (Å²) in [6.07, 6.45) is -0.691. The number of hydrogen-bond donors (Lipinski definition) is 2. The van der Waals surface area contributed by atoms with Crippen LogP contribution < -0.4 is 10.5 Å². The van der Waals surface area contributed by atoms with Gasteiger partial charge in [0.15, 0.2) is 5.79 Å². The van der Waals surface area contributed by atoms with Crippen molar-refractivity contribution in [2.45, 2.75) is 43.8 Å². The number of benzene rings is 1. The Kier molecular flexibility index (Phi) is 6.00. The van der Waals surface area contributed by atoms with E-state index in [2.05, 4.69) is 0 Å². The van der Waals surface area contributed by atoms with Crippen LogP contribution in [0.4, 0.5) is 0 Å². The third-order valence-corrected chi connectivity index (χ3v) is 4.23. The number of methoxy groups -OCH3 is 2. The summed E-state index contributed by atoms with van der Waals surface area (Å²) in [6.45, 7) is 4.03. The zero-order valence-corrected chi connectivity index (χ0v) is 14.2. The highest BCUT2D eigenvalue weighted by atomic mass is 16.7. The van der Waals surface area contributed by atoms with Crippen LogP contribution in [0.3, 0.4) is 0 Å². The molecule has 3 N–H and O–H groups in total. The molecule has 6 heteroatoms. The third kappa shape index (κ3) is 4.22. The van der Waals surface area contributed by atoms with Gasteiger partial charge >= 0.3 is 0 Å². The number of aliphatic hydroxyl groups is 1. The molecule has 1 saturated heterocycles. The van der Waals surface area contributed by atoms with E-state index in [1.165, 1.54) is 0 Å². The molecule has 0 amide bonds. The van der Waals surface area contributed by atoms with Crippen LogP contribution in [0.5, 0.6) is 5.75 Å². The van der Waals surface area contributed by atoms with E-state index >= 15 is 0 Å². The average molecular weight is 325 g/mol. The Labute approximate surface area is 137 Å². The maximum atomic E-state index is 9.89. The fraction of sp³-hybridized carbons (Fsp3) is 0.647. The van der Waals surface area contributed by atoms with Gasteiger partial charge in [0.1, 0.15) is 11.9 Å². The monoisotopic (exact) mass is 325 g/mol. The Morgan fingerprint density at radius 2 is 2.13 bits per heavy atom. The summed E-state index contributed by atoms with van der Waals surface area (Å²) < 4.78 is 22.3. The van der Waals surface area contributed by atoms with E-state index in [4.69, 9.17) is 24.7 Å². The van der Waals surface area contributed by atoms with Gasteiger partial charge in [0, 0.05) is 13.0 Å². The van der Waals surface area contributed by atoms with Gasteiger partial charge in [-0.1, -0.05) is 12.1 Å². The summed E-state index contributed by atoms with van der Waals surface area (Å²) in [5.74, 6) is -0.200. The molecular weight excluding hydrogens is 298 g/mol. The molecule has 2 rings (SSSR count). The molecule has 0 radical (unpaired) electrons. The number of ether oxygens (including phenoxy) is 4. The summed E-state index contributed by atoms with van der Waals surface area (Å²) in [4.78, 5) is 0. The molecule has 0 aliphatic carbocycles. The van der Waals surface area contributed by atoms with E-state index in [1.807, 2.05) is 38.1 Å². The van der Waals surface area contributed by atoms with Crippen molar-refractivity contribution < 1.29 is 24.1 Å². The highest BCUT2D eigenvalue weighted by molar-refractivity contribution is 5.32. The molecule has 1 fully saturated rings. The first-order valence-corrected chi connectivity index (χ1v) is 7.77. The summed E-state index contributed by atoms with van der Waals surface area (Å²) >= 11 is 0. The first kappa shape index (κ1) is 18.2. The lowest BCUT2D eigenvalue weighted by molar-refractivity contribution is -0.145. The molecule has 0 unspecified atom stereocenters. The van der Waals surface area contributed by atoms with Crippen LogP contribution in [-0.2, 0) is 14.2 Å². The molecule has 0 bridgehead atoms.